The first-order chi connectivity index (χ1) is 9.58. The van der Waals surface area contributed by atoms with Crippen LogP contribution in [0.15, 0.2) is 12.1 Å². The molecule has 0 atom stereocenters. The molecule has 0 radical (unpaired) electrons. The number of hydrogen-bond donors (Lipinski definition) is 1. The summed E-state index contributed by atoms with van der Waals surface area (Å²) in [6, 6.07) is 3.92. The zero-order chi connectivity index (χ0) is 14.3. The minimum atomic E-state index is 0.730. The highest BCUT2D eigenvalue weighted by Gasteiger charge is 2.20. The Bertz CT molecular complexity index is 664. The summed E-state index contributed by atoms with van der Waals surface area (Å²) in [4.78, 5) is 6.96. The lowest BCUT2D eigenvalue weighted by molar-refractivity contribution is 0.590. The number of benzene rings is 1. The first-order valence-electron chi connectivity index (χ1n) is 6.79. The SMILES string of the molecule is Cc1nc2c(C)cc(Cl)cc2c(N2CCNCC2)c1Cl. The van der Waals surface area contributed by atoms with Crippen LogP contribution in [-0.4, -0.2) is 31.2 Å². The quantitative estimate of drug-likeness (QED) is 0.873. The fraction of sp³-hybridized carbons (Fsp3) is 0.400. The summed E-state index contributed by atoms with van der Waals surface area (Å²) in [5, 5.41) is 5.88. The van der Waals surface area contributed by atoms with Crippen molar-refractivity contribution in [3.05, 3.63) is 33.4 Å². The van der Waals surface area contributed by atoms with E-state index in [1.807, 2.05) is 26.0 Å². The van der Waals surface area contributed by atoms with Crippen LogP contribution >= 0.6 is 23.2 Å². The van der Waals surface area contributed by atoms with Crippen molar-refractivity contribution in [3.63, 3.8) is 0 Å². The lowest BCUT2D eigenvalue weighted by Gasteiger charge is -2.31. The average molecular weight is 310 g/mol. The molecule has 3 rings (SSSR count). The maximum Gasteiger partial charge on any atom is 0.0858 e. The summed E-state index contributed by atoms with van der Waals surface area (Å²) in [5.41, 5.74) is 4.02. The molecule has 0 unspecified atom stereocenters. The van der Waals surface area contributed by atoms with Crippen molar-refractivity contribution >= 4 is 39.8 Å². The summed E-state index contributed by atoms with van der Waals surface area (Å²) in [5.74, 6) is 0. The molecule has 1 N–H and O–H groups in total. The molecule has 1 saturated heterocycles. The average Bonchev–Trinajstić information content (AvgIpc) is 2.42. The largest absolute Gasteiger partial charge is 0.367 e. The normalized spacial score (nSPS) is 15.9. The molecule has 0 spiro atoms. The molecule has 1 fully saturated rings. The van der Waals surface area contributed by atoms with Crippen LogP contribution < -0.4 is 10.2 Å². The molecule has 0 amide bonds. The second-order valence-corrected chi connectivity index (χ2v) is 6.03. The summed E-state index contributed by atoms with van der Waals surface area (Å²) in [6.07, 6.45) is 0. The molecule has 0 bridgehead atoms. The van der Waals surface area contributed by atoms with Crippen LogP contribution in [0.25, 0.3) is 10.9 Å². The van der Waals surface area contributed by atoms with Gasteiger partial charge in [0.2, 0.25) is 0 Å². The number of hydrogen-bond acceptors (Lipinski definition) is 3. The Morgan fingerprint density at radius 1 is 1.15 bits per heavy atom. The number of fused-ring (bicyclic) bond motifs is 1. The third-order valence-corrected chi connectivity index (χ3v) is 4.43. The van der Waals surface area contributed by atoms with Crippen molar-refractivity contribution in [2.75, 3.05) is 31.1 Å². The molecule has 5 heteroatoms. The highest BCUT2D eigenvalue weighted by atomic mass is 35.5. The lowest BCUT2D eigenvalue weighted by Crippen LogP contribution is -2.43. The molecular formula is C15H17Cl2N3. The van der Waals surface area contributed by atoms with Gasteiger partial charge in [0.15, 0.2) is 0 Å². The minimum Gasteiger partial charge on any atom is -0.367 e. The molecule has 3 nitrogen and oxygen atoms in total. The van der Waals surface area contributed by atoms with Gasteiger partial charge in [0.25, 0.3) is 0 Å². The van der Waals surface area contributed by atoms with Crippen molar-refractivity contribution in [1.29, 1.82) is 0 Å². The van der Waals surface area contributed by atoms with Crippen LogP contribution in [0.1, 0.15) is 11.3 Å². The lowest BCUT2D eigenvalue weighted by atomic mass is 10.1. The Kier molecular flexibility index (Phi) is 3.76. The van der Waals surface area contributed by atoms with Crippen LogP contribution in [0, 0.1) is 13.8 Å². The van der Waals surface area contributed by atoms with Gasteiger partial charge in [0, 0.05) is 36.6 Å². The highest BCUT2D eigenvalue weighted by Crippen LogP contribution is 2.38. The van der Waals surface area contributed by atoms with Gasteiger partial charge in [0.1, 0.15) is 0 Å². The predicted molar refractivity (Wildman–Crippen MR) is 86.3 cm³/mol. The van der Waals surface area contributed by atoms with Crippen LogP contribution in [-0.2, 0) is 0 Å². The Labute approximate surface area is 128 Å². The van der Waals surface area contributed by atoms with E-state index in [0.29, 0.717) is 0 Å². The first kappa shape index (κ1) is 13.9. The smallest absolute Gasteiger partial charge is 0.0858 e. The van der Waals surface area contributed by atoms with Gasteiger partial charge in [-0.05, 0) is 31.5 Å². The van der Waals surface area contributed by atoms with Gasteiger partial charge in [0.05, 0.1) is 21.9 Å². The van der Waals surface area contributed by atoms with E-state index in [9.17, 15) is 0 Å². The molecular weight excluding hydrogens is 293 g/mol. The summed E-state index contributed by atoms with van der Waals surface area (Å²) < 4.78 is 0. The second-order valence-electron chi connectivity index (χ2n) is 5.22. The highest BCUT2D eigenvalue weighted by molar-refractivity contribution is 6.36. The molecule has 1 aromatic heterocycles. The third kappa shape index (κ3) is 2.34. The van der Waals surface area contributed by atoms with Crippen molar-refractivity contribution in [3.8, 4) is 0 Å². The molecule has 1 aliphatic rings. The van der Waals surface area contributed by atoms with Gasteiger partial charge < -0.3 is 10.2 Å². The van der Waals surface area contributed by atoms with E-state index < -0.39 is 0 Å². The number of aromatic nitrogens is 1. The molecule has 1 aromatic carbocycles. The number of pyridine rings is 1. The Balaban J connectivity index is 2.29. The fourth-order valence-corrected chi connectivity index (χ4v) is 3.30. The van der Waals surface area contributed by atoms with Gasteiger partial charge in [-0.1, -0.05) is 23.2 Å². The number of piperazine rings is 1. The number of aryl methyl sites for hydroxylation is 2. The van der Waals surface area contributed by atoms with Crippen molar-refractivity contribution in [2.24, 2.45) is 0 Å². The van der Waals surface area contributed by atoms with Gasteiger partial charge in [-0.2, -0.15) is 0 Å². The van der Waals surface area contributed by atoms with Gasteiger partial charge in [-0.3, -0.25) is 4.98 Å². The van der Waals surface area contributed by atoms with Gasteiger partial charge in [-0.15, -0.1) is 0 Å². The van der Waals surface area contributed by atoms with Crippen LogP contribution in [0.5, 0.6) is 0 Å². The minimum absolute atomic E-state index is 0.730. The molecule has 0 aliphatic carbocycles. The topological polar surface area (TPSA) is 28.2 Å². The van der Waals surface area contributed by atoms with Crippen molar-refractivity contribution < 1.29 is 0 Å². The fourth-order valence-electron chi connectivity index (χ4n) is 2.77. The number of nitrogens with zero attached hydrogens (tertiary/aromatic N) is 2. The van der Waals surface area contributed by atoms with E-state index in [1.54, 1.807) is 0 Å². The number of halogens is 2. The summed E-state index contributed by atoms with van der Waals surface area (Å²) in [7, 11) is 0. The number of rotatable bonds is 1. The van der Waals surface area contributed by atoms with Crippen molar-refractivity contribution in [2.45, 2.75) is 13.8 Å². The number of nitrogens with one attached hydrogen (secondary N) is 1. The predicted octanol–water partition coefficient (Wildman–Crippen LogP) is 3.57. The van der Waals surface area contributed by atoms with E-state index in [0.717, 1.165) is 64.1 Å². The monoisotopic (exact) mass is 309 g/mol. The molecule has 0 saturated carbocycles. The van der Waals surface area contributed by atoms with E-state index >= 15 is 0 Å². The molecule has 1 aliphatic heterocycles. The third-order valence-electron chi connectivity index (χ3n) is 3.76. The molecule has 106 valence electrons. The van der Waals surface area contributed by atoms with Crippen molar-refractivity contribution in [1.82, 2.24) is 10.3 Å². The molecule has 20 heavy (non-hydrogen) atoms. The molecule has 2 aromatic rings. The second kappa shape index (κ2) is 5.40. The van der Waals surface area contributed by atoms with E-state index in [1.165, 1.54) is 0 Å². The Morgan fingerprint density at radius 3 is 2.55 bits per heavy atom. The van der Waals surface area contributed by atoms with Gasteiger partial charge >= 0.3 is 0 Å². The van der Waals surface area contributed by atoms with Crippen LogP contribution in [0.4, 0.5) is 5.69 Å². The zero-order valence-electron chi connectivity index (χ0n) is 11.6. The Hall–Kier alpha value is -1.03. The summed E-state index contributed by atoms with van der Waals surface area (Å²) in [6.45, 7) is 7.84. The first-order valence-corrected chi connectivity index (χ1v) is 7.55. The van der Waals surface area contributed by atoms with Gasteiger partial charge in [-0.25, -0.2) is 0 Å². The number of anilines is 1. The van der Waals surface area contributed by atoms with E-state index in [4.69, 9.17) is 23.2 Å². The maximum atomic E-state index is 6.54. The standard InChI is InChI=1S/C15H17Cl2N3/c1-9-7-11(16)8-12-14(9)19-10(2)13(17)15(12)20-5-3-18-4-6-20/h7-8,18H,3-6H2,1-2H3. The van der Waals surface area contributed by atoms with E-state index in [-0.39, 0.29) is 0 Å². The summed E-state index contributed by atoms with van der Waals surface area (Å²) >= 11 is 12.8. The Morgan fingerprint density at radius 2 is 1.85 bits per heavy atom. The zero-order valence-corrected chi connectivity index (χ0v) is 13.1. The van der Waals surface area contributed by atoms with Crippen LogP contribution in [0.2, 0.25) is 10.0 Å². The maximum absolute atomic E-state index is 6.54. The van der Waals surface area contributed by atoms with E-state index in [2.05, 4.69) is 15.2 Å². The molecule has 2 heterocycles. The van der Waals surface area contributed by atoms with Crippen LogP contribution in [0.3, 0.4) is 0 Å².